The van der Waals surface area contributed by atoms with E-state index in [1.54, 1.807) is 0 Å². The Kier molecular flexibility index (Phi) is 2.69. The number of fused-ring (bicyclic) bond motifs is 1. The van der Waals surface area contributed by atoms with E-state index in [0.717, 1.165) is 18.6 Å². The van der Waals surface area contributed by atoms with Crippen molar-refractivity contribution in [3.05, 3.63) is 36.0 Å². The van der Waals surface area contributed by atoms with Crippen LogP contribution in [0.25, 0.3) is 10.9 Å². The van der Waals surface area contributed by atoms with Gasteiger partial charge in [-0.25, -0.2) is 0 Å². The van der Waals surface area contributed by atoms with E-state index >= 15 is 0 Å². The van der Waals surface area contributed by atoms with E-state index in [2.05, 4.69) is 40.7 Å². The van der Waals surface area contributed by atoms with Crippen LogP contribution in [-0.2, 0) is 0 Å². The summed E-state index contributed by atoms with van der Waals surface area (Å²) in [6.07, 6.45) is 3.05. The standard InChI is InChI=1S/C14H17N3/c1-10-4-5-13(17-11-6-8-15-9-11)12-3-2-7-16-14(10)12/h2-5,7,11,15,17H,6,8-9H2,1H3/t11-/m0/s1. The third kappa shape index (κ3) is 1.98. The van der Waals surface area contributed by atoms with Gasteiger partial charge in [-0.1, -0.05) is 6.07 Å². The van der Waals surface area contributed by atoms with Crippen molar-refractivity contribution in [2.24, 2.45) is 0 Å². The van der Waals surface area contributed by atoms with Crippen LogP contribution in [-0.4, -0.2) is 24.1 Å². The molecule has 88 valence electrons. The van der Waals surface area contributed by atoms with E-state index in [1.165, 1.54) is 23.1 Å². The third-order valence-electron chi connectivity index (χ3n) is 3.39. The highest BCUT2D eigenvalue weighted by Crippen LogP contribution is 2.25. The van der Waals surface area contributed by atoms with Crippen molar-refractivity contribution in [3.8, 4) is 0 Å². The number of hydrogen-bond donors (Lipinski definition) is 2. The van der Waals surface area contributed by atoms with E-state index in [1.807, 2.05) is 12.3 Å². The number of hydrogen-bond acceptors (Lipinski definition) is 3. The van der Waals surface area contributed by atoms with Crippen molar-refractivity contribution < 1.29 is 0 Å². The number of pyridine rings is 1. The molecule has 1 aliphatic rings. The maximum Gasteiger partial charge on any atom is 0.0751 e. The van der Waals surface area contributed by atoms with E-state index in [4.69, 9.17) is 0 Å². The van der Waals surface area contributed by atoms with Crippen LogP contribution in [0, 0.1) is 6.92 Å². The molecule has 0 bridgehead atoms. The SMILES string of the molecule is Cc1ccc(N[C@H]2CCNC2)c2cccnc12. The number of benzene rings is 1. The monoisotopic (exact) mass is 227 g/mol. The Morgan fingerprint density at radius 3 is 3.12 bits per heavy atom. The second-order valence-electron chi connectivity index (χ2n) is 4.66. The molecule has 1 aromatic heterocycles. The average Bonchev–Trinajstić information content (AvgIpc) is 2.86. The molecule has 3 heteroatoms. The van der Waals surface area contributed by atoms with Gasteiger partial charge in [-0.2, -0.15) is 0 Å². The molecule has 3 rings (SSSR count). The van der Waals surface area contributed by atoms with Crippen molar-refractivity contribution >= 4 is 16.6 Å². The molecule has 0 radical (unpaired) electrons. The summed E-state index contributed by atoms with van der Waals surface area (Å²) >= 11 is 0. The minimum atomic E-state index is 0.543. The minimum Gasteiger partial charge on any atom is -0.380 e. The lowest BCUT2D eigenvalue weighted by molar-refractivity contribution is 0.794. The van der Waals surface area contributed by atoms with Gasteiger partial charge in [0.05, 0.1) is 5.52 Å². The fourth-order valence-corrected chi connectivity index (χ4v) is 2.44. The normalized spacial score (nSPS) is 19.7. The van der Waals surface area contributed by atoms with Gasteiger partial charge in [0.1, 0.15) is 0 Å². The Morgan fingerprint density at radius 2 is 2.29 bits per heavy atom. The quantitative estimate of drug-likeness (QED) is 0.826. The van der Waals surface area contributed by atoms with Crippen LogP contribution in [0.15, 0.2) is 30.5 Å². The Balaban J connectivity index is 2.01. The summed E-state index contributed by atoms with van der Waals surface area (Å²) in [6, 6.07) is 8.98. The first kappa shape index (κ1) is 10.5. The predicted molar refractivity (Wildman–Crippen MR) is 71.4 cm³/mol. The maximum absolute atomic E-state index is 4.46. The minimum absolute atomic E-state index is 0.543. The molecule has 17 heavy (non-hydrogen) atoms. The highest BCUT2D eigenvalue weighted by Gasteiger charge is 2.15. The number of anilines is 1. The zero-order chi connectivity index (χ0) is 11.7. The Labute approximate surface area is 101 Å². The molecule has 1 aliphatic heterocycles. The summed E-state index contributed by atoms with van der Waals surface area (Å²) in [4.78, 5) is 4.46. The second kappa shape index (κ2) is 4.34. The van der Waals surface area contributed by atoms with Crippen molar-refractivity contribution in [1.29, 1.82) is 0 Å². The summed E-state index contributed by atoms with van der Waals surface area (Å²) in [7, 11) is 0. The van der Waals surface area contributed by atoms with Crippen molar-refractivity contribution in [2.75, 3.05) is 18.4 Å². The maximum atomic E-state index is 4.46. The van der Waals surface area contributed by atoms with Gasteiger partial charge in [-0.15, -0.1) is 0 Å². The Morgan fingerprint density at radius 1 is 1.35 bits per heavy atom. The number of nitrogens with zero attached hydrogens (tertiary/aromatic N) is 1. The molecule has 1 fully saturated rings. The summed E-state index contributed by atoms with van der Waals surface area (Å²) < 4.78 is 0. The van der Waals surface area contributed by atoms with Gasteiger partial charge in [0, 0.05) is 29.9 Å². The summed E-state index contributed by atoms with van der Waals surface area (Å²) in [5, 5.41) is 8.20. The fraction of sp³-hybridized carbons (Fsp3) is 0.357. The Hall–Kier alpha value is -1.61. The fourth-order valence-electron chi connectivity index (χ4n) is 2.44. The van der Waals surface area contributed by atoms with Crippen LogP contribution in [0.2, 0.25) is 0 Å². The van der Waals surface area contributed by atoms with Crippen LogP contribution in [0.1, 0.15) is 12.0 Å². The number of nitrogens with one attached hydrogen (secondary N) is 2. The smallest absolute Gasteiger partial charge is 0.0751 e. The largest absolute Gasteiger partial charge is 0.380 e. The lowest BCUT2D eigenvalue weighted by Crippen LogP contribution is -2.22. The van der Waals surface area contributed by atoms with Crippen LogP contribution < -0.4 is 10.6 Å². The first-order chi connectivity index (χ1) is 8.34. The Bertz CT molecular complexity index is 530. The van der Waals surface area contributed by atoms with Crippen LogP contribution in [0.4, 0.5) is 5.69 Å². The lowest BCUT2D eigenvalue weighted by Gasteiger charge is -2.15. The average molecular weight is 227 g/mol. The first-order valence-electron chi connectivity index (χ1n) is 6.16. The molecule has 3 nitrogen and oxygen atoms in total. The van der Waals surface area contributed by atoms with Gasteiger partial charge in [0.2, 0.25) is 0 Å². The highest BCUT2D eigenvalue weighted by atomic mass is 15.0. The van der Waals surface area contributed by atoms with Crippen molar-refractivity contribution in [3.63, 3.8) is 0 Å². The van der Waals surface area contributed by atoms with Crippen molar-refractivity contribution in [1.82, 2.24) is 10.3 Å². The number of rotatable bonds is 2. The molecule has 0 saturated carbocycles. The van der Waals surface area contributed by atoms with E-state index in [-0.39, 0.29) is 0 Å². The van der Waals surface area contributed by atoms with Gasteiger partial charge in [-0.05, 0) is 43.7 Å². The predicted octanol–water partition coefficient (Wildman–Crippen LogP) is 2.32. The van der Waals surface area contributed by atoms with Crippen molar-refractivity contribution in [2.45, 2.75) is 19.4 Å². The van der Waals surface area contributed by atoms with E-state index < -0.39 is 0 Å². The van der Waals surface area contributed by atoms with Gasteiger partial charge in [-0.3, -0.25) is 4.98 Å². The summed E-state index contributed by atoms with van der Waals surface area (Å²) in [6.45, 7) is 4.27. The molecular weight excluding hydrogens is 210 g/mol. The van der Waals surface area contributed by atoms with Crippen LogP contribution >= 0.6 is 0 Å². The lowest BCUT2D eigenvalue weighted by atomic mass is 10.1. The topological polar surface area (TPSA) is 37.0 Å². The van der Waals surface area contributed by atoms with Gasteiger partial charge < -0.3 is 10.6 Å². The molecule has 1 aromatic carbocycles. The molecule has 0 spiro atoms. The molecule has 1 atom stereocenters. The second-order valence-corrected chi connectivity index (χ2v) is 4.66. The molecule has 2 heterocycles. The first-order valence-corrected chi connectivity index (χ1v) is 6.16. The van der Waals surface area contributed by atoms with Crippen LogP contribution in [0.3, 0.4) is 0 Å². The van der Waals surface area contributed by atoms with E-state index in [0.29, 0.717) is 6.04 Å². The molecule has 1 saturated heterocycles. The molecule has 2 aromatic rings. The zero-order valence-corrected chi connectivity index (χ0v) is 10.0. The van der Waals surface area contributed by atoms with Gasteiger partial charge in [0.15, 0.2) is 0 Å². The molecule has 0 unspecified atom stereocenters. The number of aromatic nitrogens is 1. The summed E-state index contributed by atoms with van der Waals surface area (Å²) in [5.74, 6) is 0. The molecule has 0 amide bonds. The van der Waals surface area contributed by atoms with Gasteiger partial charge >= 0.3 is 0 Å². The summed E-state index contributed by atoms with van der Waals surface area (Å²) in [5.41, 5.74) is 3.53. The highest BCUT2D eigenvalue weighted by molar-refractivity contribution is 5.93. The zero-order valence-electron chi connectivity index (χ0n) is 10.0. The molecule has 0 aliphatic carbocycles. The molecule has 2 N–H and O–H groups in total. The van der Waals surface area contributed by atoms with Crippen LogP contribution in [0.5, 0.6) is 0 Å². The van der Waals surface area contributed by atoms with Gasteiger partial charge in [0.25, 0.3) is 0 Å². The third-order valence-corrected chi connectivity index (χ3v) is 3.39. The molecular formula is C14H17N3. The van der Waals surface area contributed by atoms with E-state index in [9.17, 15) is 0 Å². The number of aryl methyl sites for hydroxylation is 1.